The van der Waals surface area contributed by atoms with Gasteiger partial charge < -0.3 is 0 Å². The molecule has 64 valence electrons. The largest absolute Gasteiger partial charge is 0.223 e. The molecule has 0 saturated heterocycles. The molecule has 0 aliphatic carbocycles. The predicted octanol–water partition coefficient (Wildman–Crippen LogP) is 2.45. The number of hydrogen-bond donors (Lipinski definition) is 0. The minimum absolute atomic E-state index is 0.0583. The molecule has 0 saturated carbocycles. The molecule has 5 heteroatoms. The van der Waals surface area contributed by atoms with Gasteiger partial charge in [0.15, 0.2) is 10.8 Å². The zero-order chi connectivity index (χ0) is 9.42. The number of halogens is 2. The summed E-state index contributed by atoms with van der Waals surface area (Å²) in [6, 6.07) is 3.70. The van der Waals surface area contributed by atoms with E-state index in [1.807, 2.05) is 0 Å². The Kier molecular flexibility index (Phi) is 1.71. The van der Waals surface area contributed by atoms with Gasteiger partial charge in [-0.05, 0) is 6.07 Å². The van der Waals surface area contributed by atoms with Crippen molar-refractivity contribution in [3.63, 3.8) is 0 Å². The molecule has 1 heterocycles. The maximum Gasteiger partial charge on any atom is 0.195 e. The van der Waals surface area contributed by atoms with Gasteiger partial charge in [-0.25, -0.2) is 13.8 Å². The Balaban J connectivity index is 2.84. The van der Waals surface area contributed by atoms with Crippen LogP contribution in [0.3, 0.4) is 0 Å². The third kappa shape index (κ3) is 1.25. The number of thiazole rings is 1. The van der Waals surface area contributed by atoms with Crippen LogP contribution in [-0.4, -0.2) is 4.98 Å². The Hall–Kier alpha value is -1.54. The third-order valence-electron chi connectivity index (χ3n) is 1.51. The average molecular weight is 196 g/mol. The quantitative estimate of drug-likeness (QED) is 0.648. The summed E-state index contributed by atoms with van der Waals surface area (Å²) < 4.78 is 26.0. The normalized spacial score (nSPS) is 10.2. The number of fused-ring (bicyclic) bond motifs is 1. The summed E-state index contributed by atoms with van der Waals surface area (Å²) in [4.78, 5) is 3.69. The van der Waals surface area contributed by atoms with Gasteiger partial charge in [0, 0.05) is 6.07 Å². The zero-order valence-electron chi connectivity index (χ0n) is 6.21. The fourth-order valence-corrected chi connectivity index (χ4v) is 1.81. The van der Waals surface area contributed by atoms with E-state index in [0.717, 1.165) is 23.5 Å². The third-order valence-corrected chi connectivity index (χ3v) is 2.42. The fraction of sp³-hybridized carbons (Fsp3) is 0. The van der Waals surface area contributed by atoms with E-state index in [2.05, 4.69) is 4.98 Å². The molecular formula is C8H2F2N2S. The van der Waals surface area contributed by atoms with Gasteiger partial charge in [-0.2, -0.15) is 5.26 Å². The van der Waals surface area contributed by atoms with E-state index in [1.165, 1.54) is 0 Å². The molecule has 0 bridgehead atoms. The highest BCUT2D eigenvalue weighted by molar-refractivity contribution is 7.19. The first-order valence-corrected chi connectivity index (χ1v) is 4.18. The Labute approximate surface area is 76.1 Å². The standard InChI is InChI=1S/C8H2F2N2S/c9-4-1-5(10)8-6(2-4)13-7(3-11)12-8/h1-2H. The van der Waals surface area contributed by atoms with Gasteiger partial charge in [-0.3, -0.25) is 0 Å². The maximum absolute atomic E-state index is 13.0. The second-order valence-electron chi connectivity index (χ2n) is 2.37. The molecule has 0 fully saturated rings. The van der Waals surface area contributed by atoms with E-state index in [1.54, 1.807) is 6.07 Å². The number of nitriles is 1. The maximum atomic E-state index is 13.0. The van der Waals surface area contributed by atoms with Crippen molar-refractivity contribution in [3.8, 4) is 6.07 Å². The molecule has 0 amide bonds. The van der Waals surface area contributed by atoms with Crippen molar-refractivity contribution in [2.75, 3.05) is 0 Å². The lowest BCUT2D eigenvalue weighted by molar-refractivity contribution is 0.591. The van der Waals surface area contributed by atoms with Crippen LogP contribution in [0.15, 0.2) is 12.1 Å². The van der Waals surface area contributed by atoms with E-state index in [9.17, 15) is 8.78 Å². The number of nitrogens with zero attached hydrogens (tertiary/aromatic N) is 2. The van der Waals surface area contributed by atoms with E-state index in [4.69, 9.17) is 5.26 Å². The lowest BCUT2D eigenvalue weighted by Gasteiger charge is -1.89. The predicted molar refractivity (Wildman–Crippen MR) is 44.3 cm³/mol. The van der Waals surface area contributed by atoms with Crippen LogP contribution in [0.1, 0.15) is 5.01 Å². The molecule has 0 N–H and O–H groups in total. The Bertz CT molecular complexity index is 513. The summed E-state index contributed by atoms with van der Waals surface area (Å²) in [6.45, 7) is 0. The van der Waals surface area contributed by atoms with E-state index < -0.39 is 11.6 Å². The smallest absolute Gasteiger partial charge is 0.195 e. The van der Waals surface area contributed by atoms with Crippen molar-refractivity contribution >= 4 is 21.6 Å². The van der Waals surface area contributed by atoms with E-state index in [0.29, 0.717) is 4.70 Å². The molecule has 0 atom stereocenters. The number of aromatic nitrogens is 1. The average Bonchev–Trinajstić information content (AvgIpc) is 2.47. The van der Waals surface area contributed by atoms with Crippen LogP contribution in [0.5, 0.6) is 0 Å². The van der Waals surface area contributed by atoms with Crippen molar-refractivity contribution in [1.82, 2.24) is 4.98 Å². The van der Waals surface area contributed by atoms with Gasteiger partial charge in [-0.15, -0.1) is 11.3 Å². The van der Waals surface area contributed by atoms with Gasteiger partial charge in [-0.1, -0.05) is 0 Å². The first-order chi connectivity index (χ1) is 6.20. The lowest BCUT2D eigenvalue weighted by atomic mass is 10.3. The Morgan fingerprint density at radius 3 is 2.85 bits per heavy atom. The van der Waals surface area contributed by atoms with Crippen molar-refractivity contribution in [1.29, 1.82) is 5.26 Å². The van der Waals surface area contributed by atoms with Crippen LogP contribution in [0.4, 0.5) is 8.78 Å². The molecule has 1 aromatic heterocycles. The minimum Gasteiger partial charge on any atom is -0.223 e. The van der Waals surface area contributed by atoms with Crippen LogP contribution in [0.2, 0.25) is 0 Å². The molecule has 0 aliphatic rings. The number of benzene rings is 1. The zero-order valence-corrected chi connectivity index (χ0v) is 7.03. The molecular weight excluding hydrogens is 194 g/mol. The minimum atomic E-state index is -0.729. The molecule has 0 aliphatic heterocycles. The summed E-state index contributed by atoms with van der Waals surface area (Å²) in [5.41, 5.74) is 0.0583. The summed E-state index contributed by atoms with van der Waals surface area (Å²) in [6.07, 6.45) is 0. The molecule has 2 nitrogen and oxygen atoms in total. The first-order valence-electron chi connectivity index (χ1n) is 3.36. The summed E-state index contributed by atoms with van der Waals surface area (Å²) in [5, 5.41) is 8.62. The Morgan fingerprint density at radius 1 is 1.38 bits per heavy atom. The highest BCUT2D eigenvalue weighted by atomic mass is 32.1. The van der Waals surface area contributed by atoms with Crippen LogP contribution in [-0.2, 0) is 0 Å². The topological polar surface area (TPSA) is 36.7 Å². The van der Waals surface area contributed by atoms with E-state index in [-0.39, 0.29) is 10.5 Å². The molecule has 1 aromatic carbocycles. The molecule has 2 rings (SSSR count). The van der Waals surface area contributed by atoms with Gasteiger partial charge >= 0.3 is 0 Å². The van der Waals surface area contributed by atoms with E-state index >= 15 is 0 Å². The van der Waals surface area contributed by atoms with Crippen LogP contribution < -0.4 is 0 Å². The van der Waals surface area contributed by atoms with Crippen molar-refractivity contribution in [2.24, 2.45) is 0 Å². The molecule has 13 heavy (non-hydrogen) atoms. The van der Waals surface area contributed by atoms with Gasteiger partial charge in [0.2, 0.25) is 0 Å². The van der Waals surface area contributed by atoms with Crippen LogP contribution in [0, 0.1) is 23.0 Å². The second kappa shape index (κ2) is 2.75. The lowest BCUT2D eigenvalue weighted by Crippen LogP contribution is -1.80. The summed E-state index contributed by atoms with van der Waals surface area (Å²) in [7, 11) is 0. The fourth-order valence-electron chi connectivity index (χ4n) is 1.01. The molecule has 2 aromatic rings. The summed E-state index contributed by atoms with van der Waals surface area (Å²) in [5.74, 6) is -1.38. The van der Waals surface area contributed by atoms with Crippen molar-refractivity contribution in [3.05, 3.63) is 28.8 Å². The van der Waals surface area contributed by atoms with Gasteiger partial charge in [0.25, 0.3) is 0 Å². The van der Waals surface area contributed by atoms with Crippen LogP contribution in [0.25, 0.3) is 10.2 Å². The molecule has 0 unspecified atom stereocenters. The molecule has 0 radical (unpaired) electrons. The number of hydrogen-bond acceptors (Lipinski definition) is 3. The first kappa shape index (κ1) is 8.08. The summed E-state index contributed by atoms with van der Waals surface area (Å²) >= 11 is 0.973. The highest BCUT2D eigenvalue weighted by Gasteiger charge is 2.09. The van der Waals surface area contributed by atoms with Crippen LogP contribution >= 0.6 is 11.3 Å². The number of rotatable bonds is 0. The van der Waals surface area contributed by atoms with Gasteiger partial charge in [0.05, 0.1) is 4.70 Å². The van der Waals surface area contributed by atoms with Crippen molar-refractivity contribution < 1.29 is 8.78 Å². The Morgan fingerprint density at radius 2 is 2.15 bits per heavy atom. The SMILES string of the molecule is N#Cc1nc2c(F)cc(F)cc2s1. The monoisotopic (exact) mass is 196 g/mol. The second-order valence-corrected chi connectivity index (χ2v) is 3.40. The van der Waals surface area contributed by atoms with Gasteiger partial charge in [0.1, 0.15) is 17.4 Å². The highest BCUT2D eigenvalue weighted by Crippen LogP contribution is 2.24. The van der Waals surface area contributed by atoms with Crippen molar-refractivity contribution in [2.45, 2.75) is 0 Å². The molecule has 0 spiro atoms.